The van der Waals surface area contributed by atoms with E-state index < -0.39 is 11.7 Å². The SMILES string of the molecule is Cc1ccc2c(c1)N(C)C(=O)c1cc(NC(=O)COc3ccccc3F)ccc1O2. The van der Waals surface area contributed by atoms with E-state index in [-0.39, 0.29) is 18.3 Å². The smallest absolute Gasteiger partial charge is 0.262 e. The van der Waals surface area contributed by atoms with Crippen molar-refractivity contribution >= 4 is 23.2 Å². The molecular weight excluding hydrogens is 387 g/mol. The normalized spacial score (nSPS) is 12.4. The molecule has 152 valence electrons. The van der Waals surface area contributed by atoms with Crippen LogP contribution in [0.5, 0.6) is 17.2 Å². The fraction of sp³-hybridized carbons (Fsp3) is 0.130. The molecule has 30 heavy (non-hydrogen) atoms. The highest BCUT2D eigenvalue weighted by Crippen LogP contribution is 2.39. The van der Waals surface area contributed by atoms with Gasteiger partial charge in [-0.25, -0.2) is 4.39 Å². The van der Waals surface area contributed by atoms with Crippen LogP contribution in [0.25, 0.3) is 0 Å². The molecule has 0 bridgehead atoms. The van der Waals surface area contributed by atoms with Gasteiger partial charge in [0.15, 0.2) is 23.9 Å². The van der Waals surface area contributed by atoms with E-state index in [2.05, 4.69) is 5.32 Å². The van der Waals surface area contributed by atoms with Gasteiger partial charge in [0.1, 0.15) is 5.75 Å². The number of hydrogen-bond donors (Lipinski definition) is 1. The minimum Gasteiger partial charge on any atom is -0.481 e. The van der Waals surface area contributed by atoms with Gasteiger partial charge in [0.05, 0.1) is 11.3 Å². The van der Waals surface area contributed by atoms with Gasteiger partial charge in [-0.2, -0.15) is 0 Å². The van der Waals surface area contributed by atoms with Crippen LogP contribution in [0.3, 0.4) is 0 Å². The van der Waals surface area contributed by atoms with Crippen LogP contribution in [0.15, 0.2) is 60.7 Å². The Bertz CT molecular complexity index is 1150. The number of rotatable bonds is 4. The number of benzene rings is 3. The molecule has 0 aliphatic carbocycles. The minimum absolute atomic E-state index is 0.00663. The maximum absolute atomic E-state index is 13.6. The molecule has 3 aromatic carbocycles. The van der Waals surface area contributed by atoms with Gasteiger partial charge in [0.2, 0.25) is 0 Å². The number of carbonyl (C=O) groups is 2. The summed E-state index contributed by atoms with van der Waals surface area (Å²) in [4.78, 5) is 26.7. The van der Waals surface area contributed by atoms with Gasteiger partial charge in [-0.1, -0.05) is 18.2 Å². The molecule has 1 aliphatic rings. The molecule has 0 fully saturated rings. The first-order chi connectivity index (χ1) is 14.4. The summed E-state index contributed by atoms with van der Waals surface area (Å²) >= 11 is 0. The topological polar surface area (TPSA) is 67.9 Å². The third kappa shape index (κ3) is 3.82. The van der Waals surface area contributed by atoms with Crippen molar-refractivity contribution in [3.05, 3.63) is 77.6 Å². The van der Waals surface area contributed by atoms with E-state index >= 15 is 0 Å². The molecule has 0 unspecified atom stereocenters. The second-order valence-electron chi connectivity index (χ2n) is 6.92. The number of halogens is 1. The molecule has 1 N–H and O–H groups in total. The largest absolute Gasteiger partial charge is 0.481 e. The van der Waals surface area contributed by atoms with Crippen molar-refractivity contribution in [1.29, 1.82) is 0 Å². The Balaban J connectivity index is 1.52. The third-order valence-electron chi connectivity index (χ3n) is 4.69. The quantitative estimate of drug-likeness (QED) is 0.691. The first-order valence-electron chi connectivity index (χ1n) is 9.30. The lowest BCUT2D eigenvalue weighted by molar-refractivity contribution is -0.118. The number of ether oxygens (including phenoxy) is 2. The number of para-hydroxylation sites is 1. The molecular formula is C23H19FN2O4. The third-order valence-corrected chi connectivity index (χ3v) is 4.69. The number of hydrogen-bond acceptors (Lipinski definition) is 4. The molecule has 0 saturated carbocycles. The maximum atomic E-state index is 13.6. The lowest BCUT2D eigenvalue weighted by Gasteiger charge is -2.16. The second-order valence-corrected chi connectivity index (χ2v) is 6.92. The van der Waals surface area contributed by atoms with Crippen LogP contribution in [-0.4, -0.2) is 25.5 Å². The van der Waals surface area contributed by atoms with E-state index in [0.29, 0.717) is 28.4 Å². The molecule has 0 atom stereocenters. The summed E-state index contributed by atoms with van der Waals surface area (Å²) in [5.41, 5.74) is 2.40. The summed E-state index contributed by atoms with van der Waals surface area (Å²) in [7, 11) is 1.67. The van der Waals surface area contributed by atoms with Crippen molar-refractivity contribution in [2.75, 3.05) is 23.9 Å². The Morgan fingerprint density at radius 2 is 1.87 bits per heavy atom. The van der Waals surface area contributed by atoms with E-state index in [9.17, 15) is 14.0 Å². The zero-order valence-corrected chi connectivity index (χ0v) is 16.4. The molecule has 2 amide bonds. The summed E-state index contributed by atoms with van der Waals surface area (Å²) in [5, 5.41) is 2.66. The molecule has 1 aliphatic heterocycles. The van der Waals surface area contributed by atoms with Crippen molar-refractivity contribution in [2.45, 2.75) is 6.92 Å². The van der Waals surface area contributed by atoms with Crippen LogP contribution in [0, 0.1) is 12.7 Å². The van der Waals surface area contributed by atoms with Gasteiger partial charge in [0, 0.05) is 12.7 Å². The molecule has 7 heteroatoms. The number of anilines is 2. The van der Waals surface area contributed by atoms with Crippen LogP contribution >= 0.6 is 0 Å². The van der Waals surface area contributed by atoms with E-state index in [4.69, 9.17) is 9.47 Å². The average molecular weight is 406 g/mol. The molecule has 0 radical (unpaired) electrons. The van der Waals surface area contributed by atoms with E-state index in [1.54, 1.807) is 31.3 Å². The average Bonchev–Trinajstić information content (AvgIpc) is 2.83. The van der Waals surface area contributed by atoms with Crippen LogP contribution in [0.4, 0.5) is 15.8 Å². The lowest BCUT2D eigenvalue weighted by atomic mass is 10.1. The first-order valence-corrected chi connectivity index (χ1v) is 9.30. The standard InChI is InChI=1S/C23H19FN2O4/c1-14-7-9-21-18(11-14)26(2)23(28)16-12-15(8-10-19(16)30-21)25-22(27)13-29-20-6-4-3-5-17(20)24/h3-12H,13H2,1-2H3,(H,25,27). The fourth-order valence-corrected chi connectivity index (χ4v) is 3.15. The van der Waals surface area contributed by atoms with E-state index in [1.807, 2.05) is 25.1 Å². The zero-order chi connectivity index (χ0) is 21.3. The zero-order valence-electron chi connectivity index (χ0n) is 16.4. The van der Waals surface area contributed by atoms with Gasteiger partial charge < -0.3 is 19.7 Å². The summed E-state index contributed by atoms with van der Waals surface area (Å²) in [6, 6.07) is 16.3. The molecule has 3 aromatic rings. The molecule has 1 heterocycles. The number of fused-ring (bicyclic) bond motifs is 2. The predicted octanol–water partition coefficient (Wildman–Crippen LogP) is 4.53. The highest BCUT2D eigenvalue weighted by molar-refractivity contribution is 6.10. The van der Waals surface area contributed by atoms with Crippen LogP contribution < -0.4 is 19.7 Å². The van der Waals surface area contributed by atoms with Crippen LogP contribution in [-0.2, 0) is 4.79 Å². The van der Waals surface area contributed by atoms with Crippen molar-refractivity contribution in [3.63, 3.8) is 0 Å². The fourth-order valence-electron chi connectivity index (χ4n) is 3.15. The number of nitrogens with zero attached hydrogens (tertiary/aromatic N) is 1. The van der Waals surface area contributed by atoms with Gasteiger partial charge >= 0.3 is 0 Å². The Hall–Kier alpha value is -3.87. The minimum atomic E-state index is -0.545. The predicted molar refractivity (Wildman–Crippen MR) is 111 cm³/mol. The van der Waals surface area contributed by atoms with Crippen LogP contribution in [0.2, 0.25) is 0 Å². The van der Waals surface area contributed by atoms with Crippen molar-refractivity contribution < 1.29 is 23.5 Å². The van der Waals surface area contributed by atoms with Crippen molar-refractivity contribution in [2.24, 2.45) is 0 Å². The van der Waals surface area contributed by atoms with Crippen LogP contribution in [0.1, 0.15) is 15.9 Å². The Morgan fingerprint density at radius 1 is 1.10 bits per heavy atom. The Morgan fingerprint density at radius 3 is 2.67 bits per heavy atom. The number of carbonyl (C=O) groups excluding carboxylic acids is 2. The summed E-state index contributed by atoms with van der Waals surface area (Å²) < 4.78 is 24.7. The summed E-state index contributed by atoms with van der Waals surface area (Å²) in [6.07, 6.45) is 0. The van der Waals surface area contributed by atoms with Gasteiger partial charge in [-0.05, 0) is 55.0 Å². The van der Waals surface area contributed by atoms with Gasteiger partial charge in [-0.3, -0.25) is 9.59 Å². The number of amides is 2. The second kappa shape index (κ2) is 7.87. The number of aryl methyl sites for hydroxylation is 1. The van der Waals surface area contributed by atoms with Crippen molar-refractivity contribution in [1.82, 2.24) is 0 Å². The van der Waals surface area contributed by atoms with Gasteiger partial charge in [0.25, 0.3) is 11.8 Å². The molecule has 0 aromatic heterocycles. The van der Waals surface area contributed by atoms with Gasteiger partial charge in [-0.15, -0.1) is 0 Å². The van der Waals surface area contributed by atoms with E-state index in [1.165, 1.54) is 23.1 Å². The Kier molecular flexibility index (Phi) is 5.10. The molecule has 6 nitrogen and oxygen atoms in total. The molecule has 4 rings (SSSR count). The highest BCUT2D eigenvalue weighted by atomic mass is 19.1. The lowest BCUT2D eigenvalue weighted by Crippen LogP contribution is -2.25. The highest BCUT2D eigenvalue weighted by Gasteiger charge is 2.26. The monoisotopic (exact) mass is 406 g/mol. The summed E-state index contributed by atoms with van der Waals surface area (Å²) in [5.74, 6) is -0.315. The van der Waals surface area contributed by atoms with Crippen molar-refractivity contribution in [3.8, 4) is 17.2 Å². The molecule has 0 saturated heterocycles. The number of nitrogens with one attached hydrogen (secondary N) is 1. The molecule has 0 spiro atoms. The maximum Gasteiger partial charge on any atom is 0.262 e. The van der Waals surface area contributed by atoms with E-state index in [0.717, 1.165) is 5.56 Å². The first kappa shape index (κ1) is 19.4. The Labute approximate surface area is 172 Å². The summed E-state index contributed by atoms with van der Waals surface area (Å²) in [6.45, 7) is 1.57.